The van der Waals surface area contributed by atoms with Crippen LogP contribution in [-0.4, -0.2) is 34.9 Å². The predicted octanol–water partition coefficient (Wildman–Crippen LogP) is 3.34. The van der Waals surface area contributed by atoms with Gasteiger partial charge in [0.25, 0.3) is 0 Å². The van der Waals surface area contributed by atoms with Crippen LogP contribution in [0.1, 0.15) is 31.2 Å². The van der Waals surface area contributed by atoms with E-state index in [1.54, 1.807) is 11.3 Å². The molecule has 0 aliphatic carbocycles. The summed E-state index contributed by atoms with van der Waals surface area (Å²) in [5, 5.41) is 14.7. The lowest BCUT2D eigenvalue weighted by molar-refractivity contribution is -0.120. The monoisotopic (exact) mass is 298 g/mol. The van der Waals surface area contributed by atoms with Gasteiger partial charge in [-0.2, -0.15) is 23.1 Å². The van der Waals surface area contributed by atoms with Crippen molar-refractivity contribution >= 4 is 23.1 Å². The van der Waals surface area contributed by atoms with E-state index in [0.29, 0.717) is 5.92 Å². The predicted molar refractivity (Wildman–Crippen MR) is 82.0 cm³/mol. The van der Waals surface area contributed by atoms with Gasteiger partial charge in [0.15, 0.2) is 0 Å². The molecule has 1 aromatic rings. The average Bonchev–Trinajstić information content (AvgIpc) is 2.92. The van der Waals surface area contributed by atoms with E-state index >= 15 is 0 Å². The van der Waals surface area contributed by atoms with Crippen molar-refractivity contribution in [3.05, 3.63) is 22.4 Å². The third-order valence-electron chi connectivity index (χ3n) is 4.50. The maximum Gasteiger partial charge on any atom is 0.0701 e. The summed E-state index contributed by atoms with van der Waals surface area (Å²) in [6.45, 7) is 0.829. The maximum absolute atomic E-state index is 10.5. The topological polar surface area (TPSA) is 29.5 Å². The van der Waals surface area contributed by atoms with Crippen LogP contribution in [0.2, 0.25) is 0 Å². The van der Waals surface area contributed by atoms with E-state index < -0.39 is 0 Å². The molecule has 106 valence electrons. The van der Waals surface area contributed by atoms with E-state index in [9.17, 15) is 5.11 Å². The molecule has 0 radical (unpaired) electrons. The van der Waals surface area contributed by atoms with Gasteiger partial charge in [-0.15, -0.1) is 0 Å². The van der Waals surface area contributed by atoms with Crippen LogP contribution in [0.5, 0.6) is 0 Å². The second kappa shape index (κ2) is 6.17. The van der Waals surface area contributed by atoms with Gasteiger partial charge in [-0.3, -0.25) is 0 Å². The van der Waals surface area contributed by atoms with Crippen LogP contribution in [-0.2, 0) is 11.2 Å². The van der Waals surface area contributed by atoms with Crippen LogP contribution in [0, 0.1) is 5.92 Å². The van der Waals surface area contributed by atoms with Crippen molar-refractivity contribution in [2.45, 2.75) is 43.8 Å². The molecule has 3 heterocycles. The smallest absolute Gasteiger partial charge is 0.0701 e. The van der Waals surface area contributed by atoms with Gasteiger partial charge in [0.2, 0.25) is 0 Å². The summed E-state index contributed by atoms with van der Waals surface area (Å²) in [5.74, 6) is 2.84. The van der Waals surface area contributed by atoms with Crippen molar-refractivity contribution in [1.29, 1.82) is 0 Å². The number of hydrogen-bond donors (Lipinski definition) is 1. The van der Waals surface area contributed by atoms with E-state index in [1.807, 2.05) is 11.8 Å². The number of aliphatic hydroxyl groups is 1. The highest BCUT2D eigenvalue weighted by Gasteiger charge is 2.40. The molecule has 2 aliphatic rings. The molecule has 2 unspecified atom stereocenters. The van der Waals surface area contributed by atoms with Crippen molar-refractivity contribution in [1.82, 2.24) is 0 Å². The Kier molecular flexibility index (Phi) is 4.52. The minimum Gasteiger partial charge on any atom is -0.392 e. The molecule has 2 atom stereocenters. The molecule has 2 aliphatic heterocycles. The van der Waals surface area contributed by atoms with Crippen LogP contribution >= 0.6 is 23.1 Å². The molecule has 1 spiro atoms. The highest BCUT2D eigenvalue weighted by Crippen LogP contribution is 2.41. The normalized spacial score (nSPS) is 28.4. The van der Waals surface area contributed by atoms with Crippen molar-refractivity contribution in [3.63, 3.8) is 0 Å². The lowest BCUT2D eigenvalue weighted by Gasteiger charge is -2.44. The summed E-state index contributed by atoms with van der Waals surface area (Å²) in [4.78, 5) is 0. The van der Waals surface area contributed by atoms with E-state index in [1.165, 1.54) is 29.9 Å². The molecule has 1 N–H and O–H groups in total. The zero-order valence-electron chi connectivity index (χ0n) is 11.2. The van der Waals surface area contributed by atoms with Crippen LogP contribution in [0.4, 0.5) is 0 Å². The number of hydrogen-bond acceptors (Lipinski definition) is 4. The van der Waals surface area contributed by atoms with Gasteiger partial charge >= 0.3 is 0 Å². The fourth-order valence-electron chi connectivity index (χ4n) is 3.30. The van der Waals surface area contributed by atoms with Crippen LogP contribution < -0.4 is 0 Å². The van der Waals surface area contributed by atoms with Crippen LogP contribution in [0.15, 0.2) is 16.8 Å². The van der Waals surface area contributed by atoms with E-state index in [4.69, 9.17) is 4.74 Å². The Labute approximate surface area is 123 Å². The molecule has 0 amide bonds. The summed E-state index contributed by atoms with van der Waals surface area (Å²) in [6, 6.07) is 2.13. The lowest BCUT2D eigenvalue weighted by Crippen LogP contribution is -2.45. The Balaban J connectivity index is 1.61. The third-order valence-corrected chi connectivity index (χ3v) is 6.22. The minimum absolute atomic E-state index is 0.0871. The molecule has 2 fully saturated rings. The molecule has 2 saturated heterocycles. The lowest BCUT2D eigenvalue weighted by atomic mass is 9.78. The van der Waals surface area contributed by atoms with Gasteiger partial charge in [-0.1, -0.05) is 0 Å². The Bertz CT molecular complexity index is 379. The highest BCUT2D eigenvalue weighted by atomic mass is 32.2. The van der Waals surface area contributed by atoms with Gasteiger partial charge in [0.1, 0.15) is 0 Å². The summed E-state index contributed by atoms with van der Waals surface area (Å²) >= 11 is 3.75. The molecule has 1 aromatic heterocycles. The molecule has 4 heteroatoms. The second-order valence-corrected chi connectivity index (χ2v) is 7.80. The number of thioether (sulfide) groups is 1. The first-order valence-electron chi connectivity index (χ1n) is 7.18. The average molecular weight is 298 g/mol. The molecular weight excluding hydrogens is 276 g/mol. The summed E-state index contributed by atoms with van der Waals surface area (Å²) in [5.41, 5.74) is 1.36. The molecule has 2 nitrogen and oxygen atoms in total. The Morgan fingerprint density at radius 3 is 3.00 bits per heavy atom. The van der Waals surface area contributed by atoms with Gasteiger partial charge in [0, 0.05) is 6.61 Å². The molecule has 0 aromatic carbocycles. The highest BCUT2D eigenvalue weighted by molar-refractivity contribution is 7.99. The van der Waals surface area contributed by atoms with Crippen molar-refractivity contribution in [3.8, 4) is 0 Å². The molecular formula is C15H22O2S2. The summed E-state index contributed by atoms with van der Waals surface area (Å²) in [7, 11) is 0. The number of aliphatic hydroxyl groups excluding tert-OH is 1. The van der Waals surface area contributed by atoms with Crippen molar-refractivity contribution in [2.75, 3.05) is 18.1 Å². The number of rotatable bonds is 3. The van der Waals surface area contributed by atoms with E-state index in [2.05, 4.69) is 16.8 Å². The van der Waals surface area contributed by atoms with Crippen LogP contribution in [0.3, 0.4) is 0 Å². The quantitative estimate of drug-likeness (QED) is 0.928. The largest absolute Gasteiger partial charge is 0.392 e. The fraction of sp³-hybridized carbons (Fsp3) is 0.733. The third kappa shape index (κ3) is 3.35. The first kappa shape index (κ1) is 13.9. The Morgan fingerprint density at radius 2 is 2.26 bits per heavy atom. The zero-order valence-corrected chi connectivity index (χ0v) is 12.8. The van der Waals surface area contributed by atoms with E-state index in [0.717, 1.165) is 25.9 Å². The molecule has 0 saturated carbocycles. The summed E-state index contributed by atoms with van der Waals surface area (Å²) in [6.07, 6.45) is 5.00. The van der Waals surface area contributed by atoms with Crippen LogP contribution in [0.25, 0.3) is 0 Å². The molecule has 3 rings (SSSR count). The minimum atomic E-state index is -0.204. The molecule has 0 bridgehead atoms. The first-order valence-corrected chi connectivity index (χ1v) is 9.28. The second-order valence-electron chi connectivity index (χ2n) is 5.80. The fourth-order valence-corrected chi connectivity index (χ4v) is 5.22. The Morgan fingerprint density at radius 1 is 1.42 bits per heavy atom. The molecule has 19 heavy (non-hydrogen) atoms. The first-order chi connectivity index (χ1) is 9.27. The standard InChI is InChI=1S/C15H22O2S2/c16-14(9-12-2-6-19-11-12)13-1-5-17-15(10-13)3-7-18-8-4-15/h2,6,11,13-14,16H,1,3-5,7-10H2. The van der Waals surface area contributed by atoms with Gasteiger partial charge in [-0.25, -0.2) is 0 Å². The SMILES string of the molecule is OC(Cc1ccsc1)C1CCOC2(CCSCC2)C1. The van der Waals surface area contributed by atoms with Gasteiger partial charge in [-0.05, 0) is 71.9 Å². The van der Waals surface area contributed by atoms with E-state index in [-0.39, 0.29) is 11.7 Å². The number of ether oxygens (including phenoxy) is 1. The van der Waals surface area contributed by atoms with Gasteiger partial charge < -0.3 is 9.84 Å². The Hall–Kier alpha value is -0.0300. The van der Waals surface area contributed by atoms with Gasteiger partial charge in [0.05, 0.1) is 11.7 Å². The number of thiophene rings is 1. The zero-order chi connectivity index (χ0) is 13.1. The maximum atomic E-state index is 10.5. The van der Waals surface area contributed by atoms with Crippen molar-refractivity contribution in [2.24, 2.45) is 5.92 Å². The summed E-state index contributed by atoms with van der Waals surface area (Å²) < 4.78 is 6.10. The van der Waals surface area contributed by atoms with Crippen molar-refractivity contribution < 1.29 is 9.84 Å².